The van der Waals surface area contributed by atoms with E-state index >= 15 is 0 Å². The summed E-state index contributed by atoms with van der Waals surface area (Å²) >= 11 is 0. The van der Waals surface area contributed by atoms with Gasteiger partial charge in [-0.1, -0.05) is 24.3 Å². The number of hydrogen-bond donors (Lipinski definition) is 1. The van der Waals surface area contributed by atoms with E-state index in [9.17, 15) is 0 Å². The normalized spacial score (nSPS) is 13.6. The number of nitrogens with zero attached hydrogens (tertiary/aromatic N) is 4. The van der Waals surface area contributed by atoms with Crippen LogP contribution in [0.4, 0.5) is 11.4 Å². The van der Waals surface area contributed by atoms with Crippen LogP contribution in [0.3, 0.4) is 0 Å². The van der Waals surface area contributed by atoms with Gasteiger partial charge in [0.05, 0.1) is 12.2 Å². The molecule has 1 aromatic heterocycles. The first-order valence-electron chi connectivity index (χ1n) is 8.42. The number of benzene rings is 2. The molecular weight excluding hydrogens is 322 g/mol. The third kappa shape index (κ3) is 3.07. The van der Waals surface area contributed by atoms with Gasteiger partial charge in [-0.05, 0) is 41.5 Å². The lowest BCUT2D eigenvalue weighted by molar-refractivity contribution is 0.967. The van der Waals surface area contributed by atoms with E-state index in [2.05, 4.69) is 33.2 Å². The second-order valence-corrected chi connectivity index (χ2v) is 6.13. The van der Waals surface area contributed by atoms with Gasteiger partial charge >= 0.3 is 0 Å². The third-order valence-electron chi connectivity index (χ3n) is 4.36. The predicted molar refractivity (Wildman–Crippen MR) is 107 cm³/mol. The molecule has 1 aliphatic rings. The molecule has 2 heterocycles. The van der Waals surface area contributed by atoms with E-state index in [4.69, 9.17) is 5.73 Å². The van der Waals surface area contributed by atoms with Crippen molar-refractivity contribution in [2.24, 2.45) is 15.7 Å². The molecule has 4 rings (SSSR count). The van der Waals surface area contributed by atoms with E-state index in [0.29, 0.717) is 12.5 Å². The van der Waals surface area contributed by atoms with Crippen molar-refractivity contribution in [3.8, 4) is 11.1 Å². The van der Waals surface area contributed by atoms with Crippen LogP contribution in [-0.4, -0.2) is 24.2 Å². The third-order valence-corrected chi connectivity index (χ3v) is 4.36. The molecule has 0 fully saturated rings. The Balaban J connectivity index is 1.71. The maximum absolute atomic E-state index is 6.18. The Morgan fingerprint density at radius 1 is 1.04 bits per heavy atom. The molecule has 3 aromatic rings. The molecule has 128 valence electrons. The Bertz CT molecular complexity index is 992. The fourth-order valence-corrected chi connectivity index (χ4v) is 3.10. The van der Waals surface area contributed by atoms with E-state index < -0.39 is 0 Å². The van der Waals surface area contributed by atoms with Crippen LogP contribution in [0.25, 0.3) is 11.1 Å². The molecule has 0 spiro atoms. The first-order chi connectivity index (χ1) is 12.7. The molecule has 0 saturated heterocycles. The van der Waals surface area contributed by atoms with Gasteiger partial charge in [0.15, 0.2) is 0 Å². The van der Waals surface area contributed by atoms with Crippen LogP contribution in [0, 0.1) is 0 Å². The van der Waals surface area contributed by atoms with Gasteiger partial charge in [0.1, 0.15) is 0 Å². The monoisotopic (exact) mass is 341 g/mol. The van der Waals surface area contributed by atoms with E-state index in [1.54, 1.807) is 19.5 Å². The van der Waals surface area contributed by atoms with Gasteiger partial charge in [-0.25, -0.2) is 4.99 Å². The highest BCUT2D eigenvalue weighted by Crippen LogP contribution is 2.32. The average Bonchev–Trinajstić information content (AvgIpc) is 2.68. The van der Waals surface area contributed by atoms with Crippen molar-refractivity contribution in [3.05, 3.63) is 78.1 Å². The Labute approximate surface area is 152 Å². The van der Waals surface area contributed by atoms with E-state index in [1.165, 1.54) is 0 Å². The number of fused-ring (bicyclic) bond motifs is 1. The maximum atomic E-state index is 6.18. The van der Waals surface area contributed by atoms with E-state index in [-0.39, 0.29) is 0 Å². The number of nitrogens with two attached hydrogens (primary N) is 1. The number of aromatic nitrogens is 1. The van der Waals surface area contributed by atoms with Crippen LogP contribution in [0.15, 0.2) is 77.0 Å². The summed E-state index contributed by atoms with van der Waals surface area (Å²) in [5.74, 6) is 0.513. The highest BCUT2D eigenvalue weighted by molar-refractivity contribution is 5.98. The van der Waals surface area contributed by atoms with E-state index in [0.717, 1.165) is 33.6 Å². The van der Waals surface area contributed by atoms with Crippen molar-refractivity contribution in [1.82, 2.24) is 4.98 Å². The molecular formula is C21H19N5. The average molecular weight is 341 g/mol. The van der Waals surface area contributed by atoms with Gasteiger partial charge < -0.3 is 10.6 Å². The van der Waals surface area contributed by atoms with Crippen molar-refractivity contribution in [1.29, 1.82) is 0 Å². The molecule has 0 bridgehead atoms. The Kier molecular flexibility index (Phi) is 4.19. The number of aliphatic imine (C=N–C) groups is 2. The quantitative estimate of drug-likeness (QED) is 0.738. The summed E-state index contributed by atoms with van der Waals surface area (Å²) in [6, 6.07) is 18.4. The summed E-state index contributed by atoms with van der Waals surface area (Å²) in [6.45, 7) is 0.687. The molecule has 0 atom stereocenters. The smallest absolute Gasteiger partial charge is 0.201 e. The number of anilines is 1. The summed E-state index contributed by atoms with van der Waals surface area (Å²) in [5, 5.41) is 0. The highest BCUT2D eigenvalue weighted by Gasteiger charge is 2.19. The molecule has 0 unspecified atom stereocenters. The molecule has 5 heteroatoms. The van der Waals surface area contributed by atoms with Crippen LogP contribution in [0.2, 0.25) is 0 Å². The first kappa shape index (κ1) is 16.0. The molecule has 26 heavy (non-hydrogen) atoms. The fourth-order valence-electron chi connectivity index (χ4n) is 3.10. The number of hydrogen-bond acceptors (Lipinski definition) is 5. The molecule has 1 aliphatic heterocycles. The minimum atomic E-state index is 0.513. The lowest BCUT2D eigenvalue weighted by atomic mass is 10.0. The Morgan fingerprint density at radius 2 is 1.88 bits per heavy atom. The molecule has 2 N–H and O–H groups in total. The SMILES string of the molecule is CN=Cc1cncc(-c2ccc3c(c2)CN(c2ccccc2)C(N)=N3)c1. The van der Waals surface area contributed by atoms with Crippen LogP contribution < -0.4 is 10.6 Å². The molecule has 0 radical (unpaired) electrons. The van der Waals surface area contributed by atoms with Crippen LogP contribution in [0.1, 0.15) is 11.1 Å². The van der Waals surface area contributed by atoms with Gasteiger partial charge in [0.2, 0.25) is 5.96 Å². The van der Waals surface area contributed by atoms with Crippen LogP contribution in [0.5, 0.6) is 0 Å². The predicted octanol–water partition coefficient (Wildman–Crippen LogP) is 3.76. The topological polar surface area (TPSA) is 66.9 Å². The highest BCUT2D eigenvalue weighted by atomic mass is 15.3. The second kappa shape index (κ2) is 6.80. The summed E-state index contributed by atoms with van der Waals surface area (Å²) in [7, 11) is 1.76. The minimum absolute atomic E-state index is 0.513. The summed E-state index contributed by atoms with van der Waals surface area (Å²) in [4.78, 5) is 15.0. The van der Waals surface area contributed by atoms with Crippen molar-refractivity contribution < 1.29 is 0 Å². The standard InChI is InChI=1S/C21H19N5/c1-23-11-15-9-17(13-24-12-15)16-7-8-20-18(10-16)14-26(21(22)25-20)19-5-3-2-4-6-19/h2-13H,14H2,1H3,(H2,22,25). The van der Waals surface area contributed by atoms with Crippen molar-refractivity contribution in [3.63, 3.8) is 0 Å². The largest absolute Gasteiger partial charge is 0.369 e. The molecule has 0 saturated carbocycles. The zero-order valence-corrected chi connectivity index (χ0v) is 14.5. The van der Waals surface area contributed by atoms with Gasteiger partial charge in [0.25, 0.3) is 0 Å². The number of guanidine groups is 1. The zero-order valence-electron chi connectivity index (χ0n) is 14.5. The summed E-state index contributed by atoms with van der Waals surface area (Å²) in [5.41, 5.74) is 12.4. The summed E-state index contributed by atoms with van der Waals surface area (Å²) in [6.07, 6.45) is 5.47. The zero-order chi connectivity index (χ0) is 17.9. The lowest BCUT2D eigenvalue weighted by Gasteiger charge is -2.28. The van der Waals surface area contributed by atoms with Gasteiger partial charge in [-0.3, -0.25) is 9.98 Å². The minimum Gasteiger partial charge on any atom is -0.369 e. The second-order valence-electron chi connectivity index (χ2n) is 6.13. The van der Waals surface area contributed by atoms with Crippen molar-refractivity contribution in [2.75, 3.05) is 11.9 Å². The van der Waals surface area contributed by atoms with Gasteiger partial charge in [0, 0.05) is 42.5 Å². The molecule has 0 aliphatic carbocycles. The Hall–Kier alpha value is -3.47. The Morgan fingerprint density at radius 3 is 2.69 bits per heavy atom. The first-order valence-corrected chi connectivity index (χ1v) is 8.42. The number of para-hydroxylation sites is 1. The maximum Gasteiger partial charge on any atom is 0.201 e. The van der Waals surface area contributed by atoms with Crippen LogP contribution in [-0.2, 0) is 6.54 Å². The molecule has 0 amide bonds. The van der Waals surface area contributed by atoms with Crippen LogP contribution >= 0.6 is 0 Å². The summed E-state index contributed by atoms with van der Waals surface area (Å²) < 4.78 is 0. The van der Waals surface area contributed by atoms with E-state index in [1.807, 2.05) is 47.5 Å². The molecule has 5 nitrogen and oxygen atoms in total. The number of rotatable bonds is 3. The van der Waals surface area contributed by atoms with Gasteiger partial charge in [-0.15, -0.1) is 0 Å². The molecule has 2 aromatic carbocycles. The lowest BCUT2D eigenvalue weighted by Crippen LogP contribution is -2.38. The van der Waals surface area contributed by atoms with Gasteiger partial charge in [-0.2, -0.15) is 0 Å². The number of pyridine rings is 1. The van der Waals surface area contributed by atoms with Crippen molar-refractivity contribution >= 4 is 23.5 Å². The fraction of sp³-hybridized carbons (Fsp3) is 0.0952. The van der Waals surface area contributed by atoms with Crippen molar-refractivity contribution in [2.45, 2.75) is 6.54 Å².